The number of nitrogens with zero attached hydrogens (tertiary/aromatic N) is 1. The van der Waals surface area contributed by atoms with Crippen molar-refractivity contribution < 1.29 is 23.8 Å². The van der Waals surface area contributed by atoms with Crippen molar-refractivity contribution in [2.24, 2.45) is 0 Å². The quantitative estimate of drug-likeness (QED) is 0.425. The molecule has 6 heteroatoms. The average molecular weight is 375 g/mol. The minimum Gasteiger partial charge on any atom is -0.507 e. The number of aliphatic hydroxyl groups excluding tert-OH is 1. The Bertz CT molecular complexity index is 1040. The monoisotopic (exact) mass is 375 g/mol. The van der Waals surface area contributed by atoms with Gasteiger partial charge in [-0.1, -0.05) is 18.2 Å². The molecule has 1 unspecified atom stereocenters. The maximum absolute atomic E-state index is 12.9. The molecule has 0 saturated carbocycles. The van der Waals surface area contributed by atoms with Gasteiger partial charge in [0.05, 0.1) is 18.9 Å². The summed E-state index contributed by atoms with van der Waals surface area (Å²) in [5.41, 5.74) is 0.928. The molecule has 1 saturated heterocycles. The van der Waals surface area contributed by atoms with E-state index in [2.05, 4.69) is 0 Å². The van der Waals surface area contributed by atoms with Gasteiger partial charge in [-0.2, -0.15) is 0 Å². The predicted molar refractivity (Wildman–Crippen MR) is 103 cm³/mol. The van der Waals surface area contributed by atoms with Gasteiger partial charge in [0.2, 0.25) is 0 Å². The van der Waals surface area contributed by atoms with Gasteiger partial charge < -0.3 is 14.3 Å². The van der Waals surface area contributed by atoms with E-state index in [1.165, 1.54) is 18.3 Å². The maximum atomic E-state index is 12.9. The third-order valence-electron chi connectivity index (χ3n) is 4.65. The fraction of sp³-hybridized carbons (Fsp3) is 0.0909. The van der Waals surface area contributed by atoms with E-state index in [0.29, 0.717) is 22.8 Å². The van der Waals surface area contributed by atoms with E-state index in [4.69, 9.17) is 9.15 Å². The first-order valence-corrected chi connectivity index (χ1v) is 8.65. The Morgan fingerprint density at radius 2 is 1.71 bits per heavy atom. The Morgan fingerprint density at radius 3 is 2.32 bits per heavy atom. The lowest BCUT2D eigenvalue weighted by Crippen LogP contribution is -2.29. The molecular formula is C22H17NO5. The van der Waals surface area contributed by atoms with E-state index in [1.807, 2.05) is 6.07 Å². The Hall–Kier alpha value is -3.80. The summed E-state index contributed by atoms with van der Waals surface area (Å²) in [5.74, 6) is -0.746. The molecule has 1 atom stereocenters. The van der Waals surface area contributed by atoms with E-state index >= 15 is 0 Å². The molecule has 1 N–H and O–H groups in total. The van der Waals surface area contributed by atoms with E-state index < -0.39 is 17.7 Å². The third-order valence-corrected chi connectivity index (χ3v) is 4.65. The van der Waals surface area contributed by atoms with Crippen LogP contribution in [0.15, 0.2) is 83.0 Å². The topological polar surface area (TPSA) is 80.0 Å². The number of ketones is 1. The number of benzene rings is 2. The summed E-state index contributed by atoms with van der Waals surface area (Å²) in [7, 11) is 1.54. The molecule has 1 amide bonds. The molecule has 4 rings (SSSR count). The van der Waals surface area contributed by atoms with Gasteiger partial charge in [-0.25, -0.2) is 0 Å². The van der Waals surface area contributed by atoms with Gasteiger partial charge in [0, 0.05) is 11.3 Å². The van der Waals surface area contributed by atoms with Crippen LogP contribution in [0.2, 0.25) is 0 Å². The van der Waals surface area contributed by atoms with E-state index in [0.717, 1.165) is 0 Å². The van der Waals surface area contributed by atoms with Crippen molar-refractivity contribution in [3.05, 3.63) is 89.9 Å². The van der Waals surface area contributed by atoms with Crippen LogP contribution >= 0.6 is 0 Å². The highest BCUT2D eigenvalue weighted by atomic mass is 16.5. The Labute approximate surface area is 161 Å². The molecule has 1 aromatic heterocycles. The average Bonchev–Trinajstić information content (AvgIpc) is 3.35. The fourth-order valence-electron chi connectivity index (χ4n) is 3.31. The molecule has 0 aliphatic carbocycles. The molecule has 0 bridgehead atoms. The highest BCUT2D eigenvalue weighted by Crippen LogP contribution is 2.42. The second-order valence-electron chi connectivity index (χ2n) is 6.25. The molecule has 0 radical (unpaired) electrons. The fourth-order valence-corrected chi connectivity index (χ4v) is 3.31. The number of ether oxygens (including phenoxy) is 1. The van der Waals surface area contributed by atoms with E-state index in [9.17, 15) is 14.7 Å². The van der Waals surface area contributed by atoms with Crippen molar-refractivity contribution in [1.82, 2.24) is 0 Å². The molecule has 0 spiro atoms. The van der Waals surface area contributed by atoms with Crippen molar-refractivity contribution in [1.29, 1.82) is 0 Å². The summed E-state index contributed by atoms with van der Waals surface area (Å²) >= 11 is 0. The number of methoxy groups -OCH3 is 1. The van der Waals surface area contributed by atoms with E-state index in [1.54, 1.807) is 60.7 Å². The highest BCUT2D eigenvalue weighted by Gasteiger charge is 2.48. The molecule has 6 nitrogen and oxygen atoms in total. The van der Waals surface area contributed by atoms with Gasteiger partial charge in [0.1, 0.15) is 23.3 Å². The van der Waals surface area contributed by atoms with Crippen LogP contribution in [0, 0.1) is 0 Å². The standard InChI is InChI=1S/C22H17NO5/c1-27-16-11-9-14(10-12-16)20(24)18-19(17-8-5-13-28-17)23(22(26)21(18)25)15-6-3-2-4-7-15/h2-13,19,24H,1H3/b20-18-. The van der Waals surface area contributed by atoms with Gasteiger partial charge in [0.25, 0.3) is 11.7 Å². The van der Waals surface area contributed by atoms with Crippen LogP contribution in [-0.4, -0.2) is 23.9 Å². The Balaban J connectivity index is 1.89. The number of rotatable bonds is 4. The molecule has 2 aromatic carbocycles. The van der Waals surface area contributed by atoms with Crippen LogP contribution in [0.25, 0.3) is 5.76 Å². The number of para-hydroxylation sites is 1. The van der Waals surface area contributed by atoms with Crippen molar-refractivity contribution in [3.63, 3.8) is 0 Å². The Kier molecular flexibility index (Phi) is 4.45. The van der Waals surface area contributed by atoms with Crippen LogP contribution in [0.5, 0.6) is 5.75 Å². The van der Waals surface area contributed by atoms with E-state index in [-0.39, 0.29) is 11.3 Å². The van der Waals surface area contributed by atoms with Crippen molar-refractivity contribution >= 4 is 23.1 Å². The summed E-state index contributed by atoms with van der Waals surface area (Å²) in [5, 5.41) is 10.9. The second-order valence-corrected chi connectivity index (χ2v) is 6.25. The van der Waals surface area contributed by atoms with Crippen LogP contribution in [-0.2, 0) is 9.59 Å². The minimum atomic E-state index is -0.862. The maximum Gasteiger partial charge on any atom is 0.300 e. The molecular weight excluding hydrogens is 358 g/mol. The molecule has 140 valence electrons. The molecule has 1 fully saturated rings. The lowest BCUT2D eigenvalue weighted by Gasteiger charge is -2.23. The van der Waals surface area contributed by atoms with Crippen molar-refractivity contribution in [3.8, 4) is 5.75 Å². The first-order chi connectivity index (χ1) is 13.6. The first-order valence-electron chi connectivity index (χ1n) is 8.65. The van der Waals surface area contributed by atoms with Gasteiger partial charge in [0.15, 0.2) is 0 Å². The molecule has 3 aromatic rings. The molecule has 2 heterocycles. The smallest absolute Gasteiger partial charge is 0.300 e. The minimum absolute atomic E-state index is 0.0195. The number of carbonyl (C=O) groups excluding carboxylic acids is 2. The highest BCUT2D eigenvalue weighted by molar-refractivity contribution is 6.51. The zero-order valence-electron chi connectivity index (χ0n) is 15.0. The van der Waals surface area contributed by atoms with Crippen LogP contribution < -0.4 is 9.64 Å². The normalized spacial score (nSPS) is 18.5. The summed E-state index contributed by atoms with van der Waals surface area (Å²) < 4.78 is 10.6. The number of anilines is 1. The van der Waals surface area contributed by atoms with Gasteiger partial charge in [-0.3, -0.25) is 14.5 Å². The number of amides is 1. The zero-order chi connectivity index (χ0) is 19.7. The SMILES string of the molecule is COc1ccc(/C(O)=C2/C(=O)C(=O)N(c3ccccc3)C2c2ccco2)cc1. The van der Waals surface area contributed by atoms with Crippen molar-refractivity contribution in [2.45, 2.75) is 6.04 Å². The zero-order valence-corrected chi connectivity index (χ0v) is 15.0. The molecule has 28 heavy (non-hydrogen) atoms. The molecule has 1 aliphatic heterocycles. The van der Waals surface area contributed by atoms with Gasteiger partial charge in [-0.05, 0) is 48.5 Å². The third kappa shape index (κ3) is 2.85. The second kappa shape index (κ2) is 7.08. The lowest BCUT2D eigenvalue weighted by molar-refractivity contribution is -0.132. The number of Topliss-reactive ketones (excluding diaryl/α,β-unsaturated/α-hetero) is 1. The number of aliphatic hydroxyl groups is 1. The van der Waals surface area contributed by atoms with Crippen LogP contribution in [0.4, 0.5) is 5.69 Å². The number of hydrogen-bond donors (Lipinski definition) is 1. The molecule has 1 aliphatic rings. The number of hydrogen-bond acceptors (Lipinski definition) is 5. The summed E-state index contributed by atoms with van der Waals surface area (Å²) in [4.78, 5) is 27.0. The lowest BCUT2D eigenvalue weighted by atomic mass is 9.99. The summed E-state index contributed by atoms with van der Waals surface area (Å²) in [6.07, 6.45) is 1.47. The summed E-state index contributed by atoms with van der Waals surface area (Å²) in [6.45, 7) is 0. The first kappa shape index (κ1) is 17.6. The predicted octanol–water partition coefficient (Wildman–Crippen LogP) is 3.91. The van der Waals surface area contributed by atoms with Crippen LogP contribution in [0.3, 0.4) is 0 Å². The Morgan fingerprint density at radius 1 is 1.00 bits per heavy atom. The van der Waals surface area contributed by atoms with Crippen LogP contribution in [0.1, 0.15) is 17.4 Å². The van der Waals surface area contributed by atoms with Crippen molar-refractivity contribution in [2.75, 3.05) is 12.0 Å². The van der Waals surface area contributed by atoms with Gasteiger partial charge in [-0.15, -0.1) is 0 Å². The van der Waals surface area contributed by atoms with Gasteiger partial charge >= 0.3 is 0 Å². The number of carbonyl (C=O) groups is 2. The number of furan rings is 1. The largest absolute Gasteiger partial charge is 0.507 e. The summed E-state index contributed by atoms with van der Waals surface area (Å²) in [6, 6.07) is 17.9.